The highest BCUT2D eigenvalue weighted by Crippen LogP contribution is 2.09. The first-order valence-electron chi connectivity index (χ1n) is 7.65. The Bertz CT molecular complexity index is 595. The highest BCUT2D eigenvalue weighted by Gasteiger charge is 2.32. The zero-order valence-corrected chi connectivity index (χ0v) is 13.7. The van der Waals surface area contributed by atoms with Crippen molar-refractivity contribution < 1.29 is 19.1 Å². The van der Waals surface area contributed by atoms with Crippen molar-refractivity contribution in [2.75, 3.05) is 19.6 Å². The smallest absolute Gasteiger partial charge is 0.325 e. The maximum atomic E-state index is 12.0. The van der Waals surface area contributed by atoms with Gasteiger partial charge in [-0.3, -0.25) is 14.4 Å². The molecule has 6 nitrogen and oxygen atoms in total. The topological polar surface area (TPSA) is 66.9 Å². The third-order valence-electron chi connectivity index (χ3n) is 3.77. The summed E-state index contributed by atoms with van der Waals surface area (Å²) in [5.41, 5.74) is 2.02. The summed E-state index contributed by atoms with van der Waals surface area (Å²) in [4.78, 5) is 38.6. The molecule has 1 aliphatic heterocycles. The van der Waals surface area contributed by atoms with Crippen LogP contribution in [-0.2, 0) is 25.7 Å². The number of hydrogen-bond donors (Lipinski definition) is 0. The fraction of sp³-hybridized carbons (Fsp3) is 0.471. The highest BCUT2D eigenvalue weighted by atomic mass is 16.5. The third kappa shape index (κ3) is 4.55. The molecule has 0 unspecified atom stereocenters. The molecule has 0 saturated carbocycles. The number of esters is 1. The van der Waals surface area contributed by atoms with Crippen LogP contribution < -0.4 is 0 Å². The second-order valence-electron chi connectivity index (χ2n) is 6.01. The van der Waals surface area contributed by atoms with Crippen molar-refractivity contribution in [2.24, 2.45) is 0 Å². The van der Waals surface area contributed by atoms with E-state index in [-0.39, 0.29) is 44.1 Å². The molecule has 2 amide bonds. The number of rotatable bonds is 5. The van der Waals surface area contributed by atoms with Gasteiger partial charge in [0, 0.05) is 6.04 Å². The molecule has 0 spiro atoms. The zero-order chi connectivity index (χ0) is 17.0. The Hall–Kier alpha value is -2.37. The Labute approximate surface area is 136 Å². The maximum Gasteiger partial charge on any atom is 0.325 e. The van der Waals surface area contributed by atoms with Gasteiger partial charge < -0.3 is 14.5 Å². The van der Waals surface area contributed by atoms with Crippen LogP contribution in [0.15, 0.2) is 24.3 Å². The number of amides is 2. The number of carbonyl (C=O) groups excluding carboxylic acids is 3. The number of piperazine rings is 1. The van der Waals surface area contributed by atoms with Gasteiger partial charge in [-0.05, 0) is 26.3 Å². The molecule has 1 heterocycles. The van der Waals surface area contributed by atoms with Gasteiger partial charge in [0.05, 0.1) is 0 Å². The number of ether oxygens (including phenoxy) is 1. The second-order valence-corrected chi connectivity index (χ2v) is 6.01. The van der Waals surface area contributed by atoms with Crippen LogP contribution in [0.25, 0.3) is 0 Å². The van der Waals surface area contributed by atoms with E-state index in [0.29, 0.717) is 0 Å². The van der Waals surface area contributed by atoms with Gasteiger partial charge in [-0.25, -0.2) is 0 Å². The van der Waals surface area contributed by atoms with E-state index in [1.807, 2.05) is 45.0 Å². The zero-order valence-electron chi connectivity index (χ0n) is 13.7. The van der Waals surface area contributed by atoms with Crippen molar-refractivity contribution in [1.29, 1.82) is 0 Å². The van der Waals surface area contributed by atoms with Crippen molar-refractivity contribution in [3.63, 3.8) is 0 Å². The van der Waals surface area contributed by atoms with Gasteiger partial charge in [0.25, 0.3) is 0 Å². The van der Waals surface area contributed by atoms with Crippen LogP contribution in [-0.4, -0.2) is 53.3 Å². The van der Waals surface area contributed by atoms with Gasteiger partial charge in [-0.2, -0.15) is 0 Å². The number of carbonyl (C=O) groups is 3. The molecule has 1 saturated heterocycles. The molecule has 0 aromatic heterocycles. The van der Waals surface area contributed by atoms with E-state index in [0.717, 1.165) is 11.1 Å². The summed E-state index contributed by atoms with van der Waals surface area (Å²) < 4.78 is 5.17. The van der Waals surface area contributed by atoms with Gasteiger partial charge in [0.15, 0.2) is 0 Å². The van der Waals surface area contributed by atoms with E-state index in [1.54, 1.807) is 0 Å². The Morgan fingerprint density at radius 3 is 2.39 bits per heavy atom. The van der Waals surface area contributed by atoms with Gasteiger partial charge in [-0.15, -0.1) is 0 Å². The predicted octanol–water partition coefficient (Wildman–Crippen LogP) is 1.12. The standard InChI is InChI=1S/C17H22N2O4/c1-12(2)19-9-15(20)18(8-16(19)21)10-17(22)23-11-14-6-4-13(3)5-7-14/h4-7,12H,8-11H2,1-3H3. The van der Waals surface area contributed by atoms with E-state index in [4.69, 9.17) is 4.74 Å². The molecular weight excluding hydrogens is 296 g/mol. The molecule has 0 aliphatic carbocycles. The minimum Gasteiger partial charge on any atom is -0.459 e. The van der Waals surface area contributed by atoms with Crippen molar-refractivity contribution in [1.82, 2.24) is 9.80 Å². The van der Waals surface area contributed by atoms with Gasteiger partial charge in [0.1, 0.15) is 26.2 Å². The Kier molecular flexibility index (Phi) is 5.36. The van der Waals surface area contributed by atoms with Gasteiger partial charge >= 0.3 is 5.97 Å². The summed E-state index contributed by atoms with van der Waals surface area (Å²) in [7, 11) is 0. The molecule has 0 atom stereocenters. The molecule has 23 heavy (non-hydrogen) atoms. The van der Waals surface area contributed by atoms with Crippen LogP contribution in [0.4, 0.5) is 0 Å². The normalized spacial score (nSPS) is 15.3. The number of nitrogens with zero attached hydrogens (tertiary/aromatic N) is 2. The first-order valence-corrected chi connectivity index (χ1v) is 7.65. The second kappa shape index (κ2) is 7.26. The SMILES string of the molecule is Cc1ccc(COC(=O)CN2CC(=O)N(C(C)C)CC2=O)cc1. The molecule has 124 valence electrons. The number of benzene rings is 1. The van der Waals surface area contributed by atoms with Crippen LogP contribution in [0.3, 0.4) is 0 Å². The minimum atomic E-state index is -0.510. The van der Waals surface area contributed by atoms with Crippen molar-refractivity contribution in [3.8, 4) is 0 Å². The Morgan fingerprint density at radius 1 is 1.13 bits per heavy atom. The first-order chi connectivity index (χ1) is 10.9. The average molecular weight is 318 g/mol. The van der Waals surface area contributed by atoms with Crippen LogP contribution in [0.1, 0.15) is 25.0 Å². The van der Waals surface area contributed by atoms with Crippen LogP contribution >= 0.6 is 0 Å². The van der Waals surface area contributed by atoms with Gasteiger partial charge in [0.2, 0.25) is 11.8 Å². The van der Waals surface area contributed by atoms with Crippen molar-refractivity contribution in [3.05, 3.63) is 35.4 Å². The fourth-order valence-corrected chi connectivity index (χ4v) is 2.34. The van der Waals surface area contributed by atoms with Crippen LogP contribution in [0, 0.1) is 6.92 Å². The lowest BCUT2D eigenvalue weighted by atomic mass is 10.2. The van der Waals surface area contributed by atoms with Crippen molar-refractivity contribution >= 4 is 17.8 Å². The lowest BCUT2D eigenvalue weighted by molar-refractivity contribution is -0.157. The van der Waals surface area contributed by atoms with E-state index < -0.39 is 5.97 Å². The van der Waals surface area contributed by atoms with E-state index >= 15 is 0 Å². The van der Waals surface area contributed by atoms with E-state index in [9.17, 15) is 14.4 Å². The molecule has 0 N–H and O–H groups in total. The average Bonchev–Trinajstić information content (AvgIpc) is 2.49. The molecule has 1 aromatic carbocycles. The van der Waals surface area contributed by atoms with Crippen LogP contribution in [0.2, 0.25) is 0 Å². The molecule has 1 aromatic rings. The Morgan fingerprint density at radius 2 is 1.78 bits per heavy atom. The van der Waals surface area contributed by atoms with Gasteiger partial charge in [-0.1, -0.05) is 29.8 Å². The summed E-state index contributed by atoms with van der Waals surface area (Å²) >= 11 is 0. The summed E-state index contributed by atoms with van der Waals surface area (Å²) in [6, 6.07) is 7.63. The number of aryl methyl sites for hydroxylation is 1. The minimum absolute atomic E-state index is 0.0156. The third-order valence-corrected chi connectivity index (χ3v) is 3.77. The summed E-state index contributed by atoms with van der Waals surface area (Å²) in [5.74, 6) is -0.888. The monoisotopic (exact) mass is 318 g/mol. The summed E-state index contributed by atoms with van der Waals surface area (Å²) in [6.07, 6.45) is 0. The molecule has 0 radical (unpaired) electrons. The molecule has 1 aliphatic rings. The maximum absolute atomic E-state index is 12.0. The molecule has 2 rings (SSSR count). The lowest BCUT2D eigenvalue weighted by Gasteiger charge is -2.35. The molecule has 6 heteroatoms. The molecule has 0 bridgehead atoms. The van der Waals surface area contributed by atoms with E-state index in [1.165, 1.54) is 9.80 Å². The fourth-order valence-electron chi connectivity index (χ4n) is 2.34. The highest BCUT2D eigenvalue weighted by molar-refractivity contribution is 5.94. The summed E-state index contributed by atoms with van der Waals surface area (Å²) in [5, 5.41) is 0. The first kappa shape index (κ1) is 17.0. The van der Waals surface area contributed by atoms with E-state index in [2.05, 4.69) is 0 Å². The lowest BCUT2D eigenvalue weighted by Crippen LogP contribution is -2.56. The van der Waals surface area contributed by atoms with Crippen LogP contribution in [0.5, 0.6) is 0 Å². The van der Waals surface area contributed by atoms with Crippen molar-refractivity contribution in [2.45, 2.75) is 33.4 Å². The predicted molar refractivity (Wildman–Crippen MR) is 84.4 cm³/mol. The number of hydrogen-bond acceptors (Lipinski definition) is 4. The molecule has 1 fully saturated rings. The summed E-state index contributed by atoms with van der Waals surface area (Å²) in [6.45, 7) is 5.61. The quantitative estimate of drug-likeness (QED) is 0.763. The molecular formula is C17H22N2O4. The Balaban J connectivity index is 1.84. The largest absolute Gasteiger partial charge is 0.459 e.